The fourth-order valence-electron chi connectivity index (χ4n) is 1.71. The van der Waals surface area contributed by atoms with E-state index in [1.807, 2.05) is 6.07 Å². The van der Waals surface area contributed by atoms with E-state index >= 15 is 0 Å². The van der Waals surface area contributed by atoms with Crippen LogP contribution in [0.2, 0.25) is 0 Å². The Labute approximate surface area is 118 Å². The van der Waals surface area contributed by atoms with Crippen LogP contribution in [0.3, 0.4) is 0 Å². The van der Waals surface area contributed by atoms with Gasteiger partial charge in [-0.15, -0.1) is 5.10 Å². The molecule has 0 bridgehead atoms. The predicted octanol–water partition coefficient (Wildman–Crippen LogP) is 1.12. The summed E-state index contributed by atoms with van der Waals surface area (Å²) in [6, 6.07) is 10.1. The molecule has 0 unspecified atom stereocenters. The van der Waals surface area contributed by atoms with E-state index in [0.717, 1.165) is 15.9 Å². The molecule has 0 N–H and O–H groups in total. The molecule has 1 aromatic carbocycles. The van der Waals surface area contributed by atoms with Crippen LogP contribution in [0.4, 0.5) is 0 Å². The van der Waals surface area contributed by atoms with Crippen LogP contribution >= 0.6 is 11.3 Å². The Balaban J connectivity index is 2.06. The third-order valence-electron chi connectivity index (χ3n) is 2.62. The molecule has 0 saturated heterocycles. The fraction of sp³-hybridized carbons (Fsp3) is 0.0833. The largest absolute Gasteiger partial charge is 0.275 e. The van der Waals surface area contributed by atoms with Gasteiger partial charge in [0.1, 0.15) is 0 Å². The monoisotopic (exact) mass is 307 g/mol. The molecule has 6 nitrogen and oxygen atoms in total. The average molecular weight is 307 g/mol. The minimum atomic E-state index is -3.58. The van der Waals surface area contributed by atoms with E-state index in [0.29, 0.717) is 5.56 Å². The van der Waals surface area contributed by atoms with Gasteiger partial charge in [0, 0.05) is 12.3 Å². The van der Waals surface area contributed by atoms with Crippen LogP contribution in [0.25, 0.3) is 4.96 Å². The van der Waals surface area contributed by atoms with Crippen LogP contribution in [0.1, 0.15) is 5.56 Å². The molecule has 2 heterocycles. The summed E-state index contributed by atoms with van der Waals surface area (Å²) in [6.45, 7) is 0. The normalized spacial score (nSPS) is 11.8. The number of hydrogen-bond acceptors (Lipinski definition) is 6. The maximum atomic E-state index is 12.3. The van der Waals surface area contributed by atoms with Crippen molar-refractivity contribution in [1.29, 1.82) is 0 Å². The number of rotatable bonds is 3. The number of hydrogen-bond donors (Lipinski definition) is 0. The third-order valence-corrected chi connectivity index (χ3v) is 5.67. The highest BCUT2D eigenvalue weighted by atomic mass is 32.2. The quantitative estimate of drug-likeness (QED) is 0.724. The van der Waals surface area contributed by atoms with Crippen molar-refractivity contribution in [2.24, 2.45) is 0 Å². The minimum Gasteiger partial charge on any atom is -0.267 e. The number of aromatic nitrogens is 3. The van der Waals surface area contributed by atoms with Crippen molar-refractivity contribution in [1.82, 2.24) is 14.6 Å². The van der Waals surface area contributed by atoms with Crippen LogP contribution in [-0.4, -0.2) is 23.0 Å². The molecule has 20 heavy (non-hydrogen) atoms. The molecule has 0 spiro atoms. The zero-order chi connectivity index (χ0) is 14.2. The SMILES string of the molecule is O=c1ccnc2sc(S(=O)(=O)Cc3ccccc3)nn12. The second-order valence-corrected chi connectivity index (χ2v) is 7.21. The molecular weight excluding hydrogens is 298 g/mol. The van der Waals surface area contributed by atoms with Crippen molar-refractivity contribution in [3.63, 3.8) is 0 Å². The predicted molar refractivity (Wildman–Crippen MR) is 74.5 cm³/mol. The Hall–Kier alpha value is -2.06. The second-order valence-electron chi connectivity index (χ2n) is 4.09. The first-order valence-electron chi connectivity index (χ1n) is 5.68. The topological polar surface area (TPSA) is 81.4 Å². The van der Waals surface area contributed by atoms with Crippen LogP contribution in [-0.2, 0) is 15.6 Å². The van der Waals surface area contributed by atoms with Crippen molar-refractivity contribution >= 4 is 26.1 Å². The number of benzene rings is 1. The van der Waals surface area contributed by atoms with E-state index in [4.69, 9.17) is 0 Å². The van der Waals surface area contributed by atoms with Crippen LogP contribution < -0.4 is 5.56 Å². The Bertz CT molecular complexity index is 914. The standard InChI is InChI=1S/C12H9N3O3S2/c16-10-6-7-13-11-15(10)14-12(19-11)20(17,18)8-9-4-2-1-3-5-9/h1-7H,8H2. The highest BCUT2D eigenvalue weighted by Crippen LogP contribution is 2.20. The summed E-state index contributed by atoms with van der Waals surface area (Å²) >= 11 is 0.890. The van der Waals surface area contributed by atoms with Crippen molar-refractivity contribution in [3.8, 4) is 0 Å². The zero-order valence-corrected chi connectivity index (χ0v) is 11.8. The van der Waals surface area contributed by atoms with Crippen molar-refractivity contribution in [3.05, 3.63) is 58.5 Å². The summed E-state index contributed by atoms with van der Waals surface area (Å²) < 4.78 is 25.5. The van der Waals surface area contributed by atoms with Gasteiger partial charge in [0.05, 0.1) is 5.75 Å². The molecule has 0 aliphatic rings. The first kappa shape index (κ1) is 12.9. The lowest BCUT2D eigenvalue weighted by Gasteiger charge is -1.99. The van der Waals surface area contributed by atoms with E-state index in [9.17, 15) is 13.2 Å². The maximum Gasteiger partial charge on any atom is 0.275 e. The number of sulfone groups is 1. The molecule has 0 fully saturated rings. The first-order chi connectivity index (χ1) is 9.56. The van der Waals surface area contributed by atoms with E-state index < -0.39 is 15.4 Å². The maximum absolute atomic E-state index is 12.3. The van der Waals surface area contributed by atoms with Crippen LogP contribution in [0.15, 0.2) is 51.7 Å². The van der Waals surface area contributed by atoms with Gasteiger partial charge in [-0.25, -0.2) is 13.4 Å². The number of fused-ring (bicyclic) bond motifs is 1. The van der Waals surface area contributed by atoms with Gasteiger partial charge in [-0.2, -0.15) is 4.52 Å². The third kappa shape index (κ3) is 2.35. The Morgan fingerprint density at radius 1 is 1.15 bits per heavy atom. The first-order valence-corrected chi connectivity index (χ1v) is 8.15. The summed E-state index contributed by atoms with van der Waals surface area (Å²) in [6.07, 6.45) is 1.34. The molecule has 102 valence electrons. The fourth-order valence-corrected chi connectivity index (χ4v) is 4.19. The lowest BCUT2D eigenvalue weighted by molar-refractivity contribution is 0.592. The highest BCUT2D eigenvalue weighted by molar-refractivity contribution is 7.92. The van der Waals surface area contributed by atoms with Gasteiger partial charge in [0.2, 0.25) is 19.1 Å². The van der Waals surface area contributed by atoms with Crippen LogP contribution in [0, 0.1) is 0 Å². The molecule has 0 aliphatic carbocycles. The second kappa shape index (κ2) is 4.80. The van der Waals surface area contributed by atoms with Gasteiger partial charge in [-0.05, 0) is 5.56 Å². The summed E-state index contributed by atoms with van der Waals surface area (Å²) in [7, 11) is -3.58. The van der Waals surface area contributed by atoms with E-state index in [1.165, 1.54) is 12.3 Å². The highest BCUT2D eigenvalue weighted by Gasteiger charge is 2.21. The molecule has 0 saturated carbocycles. The lowest BCUT2D eigenvalue weighted by atomic mass is 10.2. The molecule has 0 amide bonds. The Morgan fingerprint density at radius 3 is 2.60 bits per heavy atom. The summed E-state index contributed by atoms with van der Waals surface area (Å²) in [5.74, 6) is -0.150. The summed E-state index contributed by atoms with van der Waals surface area (Å²) in [4.78, 5) is 15.8. The molecule has 0 aliphatic heterocycles. The van der Waals surface area contributed by atoms with Gasteiger partial charge in [0.25, 0.3) is 5.56 Å². The van der Waals surface area contributed by atoms with Crippen molar-refractivity contribution in [2.45, 2.75) is 10.1 Å². The smallest absolute Gasteiger partial charge is 0.267 e. The molecule has 2 aromatic heterocycles. The number of nitrogens with zero attached hydrogens (tertiary/aromatic N) is 3. The van der Waals surface area contributed by atoms with Crippen molar-refractivity contribution in [2.75, 3.05) is 0 Å². The molecule has 8 heteroatoms. The molecule has 3 aromatic rings. The van der Waals surface area contributed by atoms with Gasteiger partial charge in [-0.1, -0.05) is 41.7 Å². The zero-order valence-electron chi connectivity index (χ0n) is 10.1. The molecule has 3 rings (SSSR count). The average Bonchev–Trinajstić information content (AvgIpc) is 2.86. The summed E-state index contributed by atoms with van der Waals surface area (Å²) in [5.41, 5.74) is 0.277. The van der Waals surface area contributed by atoms with E-state index in [2.05, 4.69) is 10.1 Å². The molecular formula is C12H9N3O3S2. The molecule has 0 radical (unpaired) electrons. The lowest BCUT2D eigenvalue weighted by Crippen LogP contribution is -2.13. The summed E-state index contributed by atoms with van der Waals surface area (Å²) in [5, 5.41) is 3.85. The Morgan fingerprint density at radius 2 is 1.90 bits per heavy atom. The van der Waals surface area contributed by atoms with Crippen LogP contribution in [0.5, 0.6) is 0 Å². The minimum absolute atomic E-state index is 0.0999. The van der Waals surface area contributed by atoms with E-state index in [1.54, 1.807) is 24.3 Å². The van der Waals surface area contributed by atoms with Gasteiger partial charge in [-0.3, -0.25) is 4.79 Å². The van der Waals surface area contributed by atoms with Gasteiger partial charge >= 0.3 is 0 Å². The Kier molecular flexibility index (Phi) is 3.11. The van der Waals surface area contributed by atoms with E-state index in [-0.39, 0.29) is 15.1 Å². The van der Waals surface area contributed by atoms with Gasteiger partial charge in [0.15, 0.2) is 0 Å². The van der Waals surface area contributed by atoms with Gasteiger partial charge < -0.3 is 0 Å². The molecule has 0 atom stereocenters. The van der Waals surface area contributed by atoms with Crippen molar-refractivity contribution < 1.29 is 8.42 Å².